The lowest BCUT2D eigenvalue weighted by atomic mass is 10.1. The molecule has 0 radical (unpaired) electrons. The number of amides is 1. The zero-order chi connectivity index (χ0) is 27.6. The summed E-state index contributed by atoms with van der Waals surface area (Å²) in [6.07, 6.45) is 1.63. The number of ether oxygens (including phenoxy) is 6. The van der Waals surface area contributed by atoms with E-state index in [4.69, 9.17) is 45.7 Å². The Bertz CT molecular complexity index is 1550. The van der Waals surface area contributed by atoms with Crippen LogP contribution in [0.4, 0.5) is 0 Å². The van der Waals surface area contributed by atoms with E-state index < -0.39 is 18.4 Å². The van der Waals surface area contributed by atoms with Crippen molar-refractivity contribution < 1.29 is 43.1 Å². The van der Waals surface area contributed by atoms with Crippen molar-refractivity contribution in [2.75, 3.05) is 20.1 Å². The van der Waals surface area contributed by atoms with Crippen molar-refractivity contribution in [3.8, 4) is 34.5 Å². The maximum absolute atomic E-state index is 12.9. The molecule has 0 spiro atoms. The molecule has 0 aromatic heterocycles. The molecule has 3 aromatic rings. The number of thiocarbonyl (C=S) groups is 1. The van der Waals surface area contributed by atoms with E-state index in [2.05, 4.69) is 0 Å². The topological polar surface area (TPSA) is 113 Å². The summed E-state index contributed by atoms with van der Waals surface area (Å²) >= 11 is 6.27. The molecule has 0 aliphatic carbocycles. The van der Waals surface area contributed by atoms with Crippen molar-refractivity contribution >= 4 is 46.3 Å². The lowest BCUT2D eigenvalue weighted by Crippen LogP contribution is -2.33. The van der Waals surface area contributed by atoms with E-state index in [1.54, 1.807) is 24.3 Å². The third-order valence-electron chi connectivity index (χ3n) is 6.11. The summed E-state index contributed by atoms with van der Waals surface area (Å²) in [6.45, 7) is 0.365. The first kappa shape index (κ1) is 25.8. The zero-order valence-corrected chi connectivity index (χ0v) is 22.4. The highest BCUT2D eigenvalue weighted by molar-refractivity contribution is 8.26. The van der Waals surface area contributed by atoms with Crippen LogP contribution in [0.5, 0.6) is 34.5 Å². The molecule has 3 aromatic carbocycles. The second-order valence-corrected chi connectivity index (χ2v) is 10.5. The van der Waals surface area contributed by atoms with Crippen LogP contribution >= 0.6 is 24.0 Å². The molecule has 10 nitrogen and oxygen atoms in total. The van der Waals surface area contributed by atoms with Gasteiger partial charge >= 0.3 is 5.97 Å². The first-order valence-corrected chi connectivity index (χ1v) is 13.3. The van der Waals surface area contributed by atoms with E-state index in [-0.39, 0.29) is 36.0 Å². The number of carbonyl (C=O) groups is 2. The highest BCUT2D eigenvalue weighted by atomic mass is 32.2. The van der Waals surface area contributed by atoms with Crippen molar-refractivity contribution in [2.45, 2.75) is 13.2 Å². The smallest absolute Gasteiger partial charge is 0.323 e. The minimum absolute atomic E-state index is 0.177. The molecule has 0 atom stereocenters. The van der Waals surface area contributed by atoms with Crippen molar-refractivity contribution in [3.63, 3.8) is 0 Å². The van der Waals surface area contributed by atoms with Gasteiger partial charge in [-0.25, -0.2) is 0 Å². The Morgan fingerprint density at radius 2 is 1.52 bits per heavy atom. The van der Waals surface area contributed by atoms with Gasteiger partial charge in [-0.15, -0.1) is 0 Å². The predicted molar refractivity (Wildman–Crippen MR) is 148 cm³/mol. The number of aliphatic carboxylic acids is 1. The Balaban J connectivity index is 1.24. The minimum atomic E-state index is -1.15. The van der Waals surface area contributed by atoms with E-state index in [9.17, 15) is 9.59 Å². The van der Waals surface area contributed by atoms with Gasteiger partial charge in [-0.05, 0) is 59.7 Å². The molecule has 1 saturated heterocycles. The molecule has 3 aliphatic rings. The molecular formula is C28H21NO9S2. The van der Waals surface area contributed by atoms with E-state index in [1.807, 2.05) is 36.4 Å². The second-order valence-electron chi connectivity index (χ2n) is 8.81. The number of carbonyl (C=O) groups excluding carboxylic acids is 1. The Morgan fingerprint density at radius 3 is 2.17 bits per heavy atom. The molecule has 1 amide bonds. The third-order valence-corrected chi connectivity index (χ3v) is 7.49. The summed E-state index contributed by atoms with van der Waals surface area (Å²) in [4.78, 5) is 25.5. The molecule has 0 bridgehead atoms. The zero-order valence-electron chi connectivity index (χ0n) is 20.8. The number of benzene rings is 3. The normalized spacial score (nSPS) is 16.1. The van der Waals surface area contributed by atoms with Crippen molar-refractivity contribution in [1.29, 1.82) is 0 Å². The van der Waals surface area contributed by atoms with Crippen LogP contribution in [-0.2, 0) is 22.8 Å². The fourth-order valence-corrected chi connectivity index (χ4v) is 5.41. The van der Waals surface area contributed by atoms with Crippen LogP contribution in [-0.4, -0.2) is 46.3 Å². The van der Waals surface area contributed by atoms with Crippen LogP contribution in [0.3, 0.4) is 0 Å². The van der Waals surface area contributed by atoms with Gasteiger partial charge in [-0.3, -0.25) is 14.5 Å². The number of thioether (sulfide) groups is 1. The molecule has 3 aliphatic heterocycles. The fourth-order valence-electron chi connectivity index (χ4n) is 4.16. The molecular weight excluding hydrogens is 558 g/mol. The first-order chi connectivity index (χ1) is 19.4. The quantitative estimate of drug-likeness (QED) is 0.284. The largest absolute Gasteiger partial charge is 0.489 e. The average molecular weight is 580 g/mol. The Labute approximate surface area is 238 Å². The van der Waals surface area contributed by atoms with Gasteiger partial charge in [0, 0.05) is 5.56 Å². The van der Waals surface area contributed by atoms with Crippen LogP contribution in [0.2, 0.25) is 0 Å². The Morgan fingerprint density at radius 1 is 0.900 bits per heavy atom. The average Bonchev–Trinajstić information content (AvgIpc) is 3.67. The number of fused-ring (bicyclic) bond motifs is 2. The SMILES string of the molecule is O=C(O)CN1C(=O)C(=Cc2cc(OCc3ccc4c(c3)OCO4)ccc2OCc2ccc3c(c2)OCO3)SC1=S. The highest BCUT2D eigenvalue weighted by Crippen LogP contribution is 2.37. The van der Waals surface area contributed by atoms with Crippen molar-refractivity contribution in [3.05, 3.63) is 76.2 Å². The summed E-state index contributed by atoms with van der Waals surface area (Å²) in [6, 6.07) is 16.4. The minimum Gasteiger partial charge on any atom is -0.489 e. The lowest BCUT2D eigenvalue weighted by molar-refractivity contribution is -0.140. The second kappa shape index (κ2) is 11.0. The van der Waals surface area contributed by atoms with Crippen LogP contribution in [0.1, 0.15) is 16.7 Å². The molecule has 1 fully saturated rings. The van der Waals surface area contributed by atoms with E-state index >= 15 is 0 Å². The Kier molecular flexibility index (Phi) is 7.10. The molecule has 0 saturated carbocycles. The Hall–Kier alpha value is -4.42. The fraction of sp³-hybridized carbons (Fsp3) is 0.179. The number of nitrogens with zero attached hydrogens (tertiary/aromatic N) is 1. The number of carboxylic acids is 1. The van der Waals surface area contributed by atoms with Crippen molar-refractivity contribution in [1.82, 2.24) is 4.90 Å². The van der Waals surface area contributed by atoms with Crippen LogP contribution < -0.4 is 28.4 Å². The van der Waals surface area contributed by atoms with Crippen molar-refractivity contribution in [2.24, 2.45) is 0 Å². The van der Waals surface area contributed by atoms with E-state index in [0.717, 1.165) is 27.8 Å². The summed E-state index contributed by atoms with van der Waals surface area (Å²) < 4.78 is 33.9. The summed E-state index contributed by atoms with van der Waals surface area (Å²) in [5.74, 6) is 2.09. The maximum atomic E-state index is 12.9. The molecule has 12 heteroatoms. The van der Waals surface area contributed by atoms with Gasteiger partial charge in [0.05, 0.1) is 4.91 Å². The molecule has 40 heavy (non-hydrogen) atoms. The lowest BCUT2D eigenvalue weighted by Gasteiger charge is -2.13. The van der Waals surface area contributed by atoms with E-state index in [0.29, 0.717) is 40.1 Å². The predicted octanol–water partition coefficient (Wildman–Crippen LogP) is 4.59. The number of hydrogen-bond donors (Lipinski definition) is 1. The number of rotatable bonds is 9. The van der Waals surface area contributed by atoms with Gasteiger partial charge in [-0.2, -0.15) is 0 Å². The van der Waals surface area contributed by atoms with Crippen LogP contribution in [0, 0.1) is 0 Å². The number of hydrogen-bond acceptors (Lipinski definition) is 10. The monoisotopic (exact) mass is 579 g/mol. The van der Waals surface area contributed by atoms with Crippen LogP contribution in [0.25, 0.3) is 6.08 Å². The maximum Gasteiger partial charge on any atom is 0.323 e. The van der Waals surface area contributed by atoms with Gasteiger partial charge in [0.2, 0.25) is 13.6 Å². The van der Waals surface area contributed by atoms with Gasteiger partial charge in [0.1, 0.15) is 35.6 Å². The van der Waals surface area contributed by atoms with Gasteiger partial charge < -0.3 is 33.5 Å². The van der Waals surface area contributed by atoms with Crippen LogP contribution in [0.15, 0.2) is 59.5 Å². The standard InChI is InChI=1S/C28H21NO9S2/c30-26(31)11-29-27(32)25(40-28(29)39)10-18-9-19(33-12-16-1-4-21-23(7-16)37-14-35-21)3-6-20(18)34-13-17-2-5-22-24(8-17)38-15-36-22/h1-10H,11-15H2,(H,30,31). The molecule has 0 unspecified atom stereocenters. The first-order valence-electron chi connectivity index (χ1n) is 12.1. The summed E-state index contributed by atoms with van der Waals surface area (Å²) in [7, 11) is 0. The van der Waals surface area contributed by atoms with E-state index in [1.165, 1.54) is 0 Å². The molecule has 1 N–H and O–H groups in total. The summed E-state index contributed by atoms with van der Waals surface area (Å²) in [5.41, 5.74) is 2.33. The number of carboxylic acid groups (broad SMARTS) is 1. The third kappa shape index (κ3) is 5.49. The highest BCUT2D eigenvalue weighted by Gasteiger charge is 2.33. The molecule has 204 valence electrons. The van der Waals surface area contributed by atoms with Gasteiger partial charge in [0.25, 0.3) is 5.91 Å². The van der Waals surface area contributed by atoms with Gasteiger partial charge in [0.15, 0.2) is 23.0 Å². The molecule has 3 heterocycles. The summed E-state index contributed by atoms with van der Waals surface area (Å²) in [5, 5.41) is 9.16. The van der Waals surface area contributed by atoms with Gasteiger partial charge in [-0.1, -0.05) is 36.1 Å². The molecule has 6 rings (SSSR count).